The lowest BCUT2D eigenvalue weighted by Crippen LogP contribution is -2.47. The molecule has 0 fully saturated rings. The Kier molecular flexibility index (Phi) is 4.38. The standard InChI is InChI=1S/C12H5F9N2O2/c13-10(14,15)4-1-2-5-6(3-4)22-7(24)8(23-5)25-9(11(16,17)18)12(19,20)21/h1-3,9H,(H,22,24). The lowest BCUT2D eigenvalue weighted by atomic mass is 10.2. The Morgan fingerprint density at radius 3 is 2.00 bits per heavy atom. The fourth-order valence-corrected chi connectivity index (χ4v) is 1.76. The molecular formula is C12H5F9N2O2. The number of aromatic amines is 1. The Labute approximate surface area is 131 Å². The van der Waals surface area contributed by atoms with Crippen LogP contribution < -0.4 is 10.3 Å². The van der Waals surface area contributed by atoms with Crippen molar-refractivity contribution in [2.75, 3.05) is 0 Å². The first kappa shape index (κ1) is 18.9. The maximum atomic E-state index is 12.5. The van der Waals surface area contributed by atoms with Crippen LogP contribution >= 0.6 is 0 Å². The second kappa shape index (κ2) is 5.81. The molecule has 0 aliphatic carbocycles. The Morgan fingerprint density at radius 1 is 0.960 bits per heavy atom. The van der Waals surface area contributed by atoms with Crippen LogP contribution in [0.1, 0.15) is 5.56 Å². The highest BCUT2D eigenvalue weighted by Gasteiger charge is 2.59. The summed E-state index contributed by atoms with van der Waals surface area (Å²) < 4.78 is 116. The number of H-pyrrole nitrogens is 1. The molecule has 25 heavy (non-hydrogen) atoms. The maximum Gasteiger partial charge on any atom is 0.434 e. The van der Waals surface area contributed by atoms with Crippen molar-refractivity contribution in [2.24, 2.45) is 0 Å². The molecule has 0 aliphatic heterocycles. The highest BCUT2D eigenvalue weighted by atomic mass is 19.4. The van der Waals surface area contributed by atoms with Gasteiger partial charge in [0.25, 0.3) is 12.0 Å². The fraction of sp³-hybridized carbons (Fsp3) is 0.333. The van der Waals surface area contributed by atoms with Crippen LogP contribution in [0.2, 0.25) is 0 Å². The van der Waals surface area contributed by atoms with E-state index in [1.54, 1.807) is 4.98 Å². The van der Waals surface area contributed by atoms with Gasteiger partial charge in [0.05, 0.1) is 16.6 Å². The van der Waals surface area contributed by atoms with Crippen molar-refractivity contribution in [1.29, 1.82) is 0 Å². The molecule has 2 aromatic rings. The van der Waals surface area contributed by atoms with Crippen LogP contribution in [0, 0.1) is 0 Å². The van der Waals surface area contributed by atoms with Crippen molar-refractivity contribution >= 4 is 11.0 Å². The van der Waals surface area contributed by atoms with Crippen molar-refractivity contribution in [3.63, 3.8) is 0 Å². The van der Waals surface area contributed by atoms with E-state index in [1.165, 1.54) is 0 Å². The molecule has 0 bridgehead atoms. The number of aromatic nitrogens is 2. The third kappa shape index (κ3) is 4.14. The van der Waals surface area contributed by atoms with Crippen LogP contribution in [-0.2, 0) is 6.18 Å². The van der Waals surface area contributed by atoms with E-state index in [0.29, 0.717) is 18.2 Å². The molecule has 0 spiro atoms. The zero-order valence-corrected chi connectivity index (χ0v) is 11.5. The minimum Gasteiger partial charge on any atom is -0.451 e. The molecule has 0 saturated carbocycles. The third-order valence-corrected chi connectivity index (χ3v) is 2.81. The topological polar surface area (TPSA) is 55.0 Å². The van der Waals surface area contributed by atoms with E-state index in [1.807, 2.05) is 0 Å². The van der Waals surface area contributed by atoms with Gasteiger partial charge in [-0.05, 0) is 18.2 Å². The largest absolute Gasteiger partial charge is 0.451 e. The molecule has 1 N–H and O–H groups in total. The highest BCUT2D eigenvalue weighted by Crippen LogP contribution is 2.36. The van der Waals surface area contributed by atoms with Crippen molar-refractivity contribution in [1.82, 2.24) is 9.97 Å². The molecule has 4 nitrogen and oxygen atoms in total. The molecule has 138 valence electrons. The van der Waals surface area contributed by atoms with E-state index in [4.69, 9.17) is 0 Å². The lowest BCUT2D eigenvalue weighted by Gasteiger charge is -2.22. The minimum absolute atomic E-state index is 0.429. The number of alkyl halides is 9. The molecule has 0 unspecified atom stereocenters. The first-order valence-corrected chi connectivity index (χ1v) is 6.11. The zero-order valence-electron chi connectivity index (χ0n) is 11.5. The summed E-state index contributed by atoms with van der Waals surface area (Å²) in [5.41, 5.74) is -3.88. The molecule has 1 heterocycles. The number of hydrogen-bond donors (Lipinski definition) is 1. The number of hydrogen-bond acceptors (Lipinski definition) is 3. The molecule has 1 aromatic carbocycles. The average molecular weight is 380 g/mol. The van der Waals surface area contributed by atoms with Gasteiger partial charge in [0.2, 0.25) is 0 Å². The quantitative estimate of drug-likeness (QED) is 0.807. The molecule has 2 rings (SSSR count). The van der Waals surface area contributed by atoms with Crippen molar-refractivity contribution in [3.8, 4) is 5.88 Å². The van der Waals surface area contributed by atoms with E-state index in [9.17, 15) is 44.3 Å². The summed E-state index contributed by atoms with van der Waals surface area (Å²) >= 11 is 0. The molecule has 13 heteroatoms. The Balaban J connectivity index is 2.50. The lowest BCUT2D eigenvalue weighted by molar-refractivity contribution is -0.300. The first-order valence-electron chi connectivity index (χ1n) is 6.11. The van der Waals surface area contributed by atoms with Crippen molar-refractivity contribution in [2.45, 2.75) is 24.6 Å². The highest BCUT2D eigenvalue weighted by molar-refractivity contribution is 5.75. The van der Waals surface area contributed by atoms with Gasteiger partial charge in [0, 0.05) is 0 Å². The SMILES string of the molecule is O=c1[nH]c2cc(C(F)(F)F)ccc2nc1OC(C(F)(F)F)C(F)(F)F. The molecular weight excluding hydrogens is 375 g/mol. The molecule has 0 atom stereocenters. The van der Waals surface area contributed by atoms with Crippen LogP contribution in [-0.4, -0.2) is 28.4 Å². The van der Waals surface area contributed by atoms with Gasteiger partial charge in [-0.2, -0.15) is 39.5 Å². The average Bonchev–Trinajstić information content (AvgIpc) is 2.40. The molecule has 0 amide bonds. The summed E-state index contributed by atoms with van der Waals surface area (Å²) in [7, 11) is 0. The van der Waals surface area contributed by atoms with Crippen molar-refractivity contribution in [3.05, 3.63) is 34.1 Å². The number of benzene rings is 1. The zero-order chi connectivity index (χ0) is 19.2. The molecule has 0 saturated heterocycles. The second-order valence-electron chi connectivity index (χ2n) is 4.68. The monoisotopic (exact) mass is 380 g/mol. The number of ether oxygens (including phenoxy) is 1. The summed E-state index contributed by atoms with van der Waals surface area (Å²) in [5, 5.41) is 0. The van der Waals surface area contributed by atoms with Crippen LogP contribution in [0.25, 0.3) is 11.0 Å². The van der Waals surface area contributed by atoms with Gasteiger partial charge in [0.15, 0.2) is 0 Å². The number of fused-ring (bicyclic) bond motifs is 1. The number of rotatable bonds is 2. The number of halogens is 9. The maximum absolute atomic E-state index is 12.5. The Morgan fingerprint density at radius 2 is 1.52 bits per heavy atom. The summed E-state index contributed by atoms with van der Waals surface area (Å²) in [5.74, 6) is -1.58. The van der Waals surface area contributed by atoms with Gasteiger partial charge in [-0.25, -0.2) is 4.98 Å². The normalized spacial score (nSPS) is 13.5. The van der Waals surface area contributed by atoms with E-state index in [-0.39, 0.29) is 0 Å². The molecule has 0 radical (unpaired) electrons. The molecule has 1 aromatic heterocycles. The minimum atomic E-state index is -5.89. The van der Waals surface area contributed by atoms with E-state index < -0.39 is 52.7 Å². The van der Waals surface area contributed by atoms with Crippen LogP contribution in [0.5, 0.6) is 5.88 Å². The first-order chi connectivity index (χ1) is 11.2. The van der Waals surface area contributed by atoms with Gasteiger partial charge in [-0.15, -0.1) is 0 Å². The van der Waals surface area contributed by atoms with Gasteiger partial charge < -0.3 is 9.72 Å². The van der Waals surface area contributed by atoms with Gasteiger partial charge in [-0.3, -0.25) is 4.79 Å². The van der Waals surface area contributed by atoms with Crippen LogP contribution in [0.3, 0.4) is 0 Å². The third-order valence-electron chi connectivity index (χ3n) is 2.81. The van der Waals surface area contributed by atoms with Gasteiger partial charge in [-0.1, -0.05) is 0 Å². The summed E-state index contributed by atoms with van der Waals surface area (Å²) in [6.45, 7) is 0. The summed E-state index contributed by atoms with van der Waals surface area (Å²) in [4.78, 5) is 16.4. The molecule has 0 aliphatic rings. The number of nitrogens with one attached hydrogen (secondary N) is 1. The van der Waals surface area contributed by atoms with Gasteiger partial charge >= 0.3 is 24.1 Å². The second-order valence-corrected chi connectivity index (χ2v) is 4.68. The van der Waals surface area contributed by atoms with Crippen LogP contribution in [0.4, 0.5) is 39.5 Å². The predicted molar refractivity (Wildman–Crippen MR) is 63.9 cm³/mol. The number of nitrogens with zero attached hydrogens (tertiary/aromatic N) is 1. The smallest absolute Gasteiger partial charge is 0.434 e. The van der Waals surface area contributed by atoms with E-state index in [0.717, 1.165) is 0 Å². The summed E-state index contributed by atoms with van der Waals surface area (Å²) in [6, 6.07) is 1.58. The Bertz CT molecular complexity index is 822. The Hall–Kier alpha value is -2.47. The van der Waals surface area contributed by atoms with E-state index >= 15 is 0 Å². The van der Waals surface area contributed by atoms with Crippen molar-refractivity contribution < 1.29 is 44.3 Å². The van der Waals surface area contributed by atoms with Gasteiger partial charge in [0.1, 0.15) is 0 Å². The van der Waals surface area contributed by atoms with E-state index in [2.05, 4.69) is 9.72 Å². The summed E-state index contributed by atoms with van der Waals surface area (Å²) in [6.07, 6.45) is -20.9. The predicted octanol–water partition coefficient (Wildman–Crippen LogP) is 3.81. The van der Waals surface area contributed by atoms with Crippen LogP contribution in [0.15, 0.2) is 23.0 Å². The fourth-order valence-electron chi connectivity index (χ4n) is 1.76.